The predicted molar refractivity (Wildman–Crippen MR) is 121 cm³/mol. The van der Waals surface area contributed by atoms with Gasteiger partial charge in [0.1, 0.15) is 5.82 Å². The lowest BCUT2D eigenvalue weighted by atomic mass is 10.0. The first kappa shape index (κ1) is 19.4. The van der Waals surface area contributed by atoms with Crippen LogP contribution in [-0.4, -0.2) is 54.6 Å². The van der Waals surface area contributed by atoms with Gasteiger partial charge >= 0.3 is 0 Å². The Morgan fingerprint density at radius 2 is 1.89 bits per heavy atom. The molecule has 1 saturated heterocycles. The molecule has 4 rings (SSSR count). The number of hydrogen-bond donors (Lipinski definition) is 1. The molecule has 0 aliphatic carbocycles. The van der Waals surface area contributed by atoms with Crippen LogP contribution in [0.2, 0.25) is 0 Å². The Labute approximate surface area is 175 Å². The first-order chi connectivity index (χ1) is 13.7. The number of hydrogen-bond acceptors (Lipinski definition) is 4. The molecule has 1 atom stereocenters. The molecule has 28 heavy (non-hydrogen) atoms. The van der Waals surface area contributed by atoms with Gasteiger partial charge in [0.2, 0.25) is 0 Å². The molecule has 5 heteroatoms. The van der Waals surface area contributed by atoms with E-state index in [-0.39, 0.29) is 0 Å². The zero-order chi connectivity index (χ0) is 19.3. The molecule has 1 fully saturated rings. The molecule has 0 radical (unpaired) electrons. The Morgan fingerprint density at radius 1 is 1.04 bits per heavy atom. The number of anilines is 1. The quantitative estimate of drug-likeness (QED) is 0.560. The zero-order valence-electron chi connectivity index (χ0n) is 16.3. The number of aromatic nitrogens is 1. The predicted octanol–water partition coefficient (Wildman–Crippen LogP) is 4.79. The van der Waals surface area contributed by atoms with Crippen molar-refractivity contribution in [1.29, 1.82) is 0 Å². The van der Waals surface area contributed by atoms with Crippen LogP contribution >= 0.6 is 15.9 Å². The molecule has 1 aliphatic heterocycles. The minimum atomic E-state index is 0.478. The number of likely N-dealkylation sites (N-methyl/N-ethyl adjacent to an activating group) is 1. The summed E-state index contributed by atoms with van der Waals surface area (Å²) in [6.45, 7) is 5.36. The highest BCUT2D eigenvalue weighted by atomic mass is 79.9. The number of benzene rings is 2. The molecule has 0 saturated carbocycles. The third-order valence-electron chi connectivity index (χ3n) is 5.55. The van der Waals surface area contributed by atoms with Gasteiger partial charge in [0.25, 0.3) is 0 Å². The lowest BCUT2D eigenvalue weighted by Gasteiger charge is -2.40. The number of halogens is 1. The first-order valence-corrected chi connectivity index (χ1v) is 10.8. The lowest BCUT2D eigenvalue weighted by molar-refractivity contribution is 0.0896. The van der Waals surface area contributed by atoms with Crippen molar-refractivity contribution in [2.45, 2.75) is 12.5 Å². The van der Waals surface area contributed by atoms with Crippen LogP contribution in [0.5, 0.6) is 0 Å². The summed E-state index contributed by atoms with van der Waals surface area (Å²) in [5, 5.41) is 5.91. The highest BCUT2D eigenvalue weighted by Gasteiger charge is 2.25. The van der Waals surface area contributed by atoms with Crippen molar-refractivity contribution in [1.82, 2.24) is 14.8 Å². The number of fused-ring (bicyclic) bond motifs is 1. The minimum Gasteiger partial charge on any atom is -0.370 e. The van der Waals surface area contributed by atoms with Crippen LogP contribution in [0.4, 0.5) is 5.82 Å². The van der Waals surface area contributed by atoms with Crippen molar-refractivity contribution in [3.63, 3.8) is 0 Å². The Bertz CT molecular complexity index is 915. The van der Waals surface area contributed by atoms with E-state index >= 15 is 0 Å². The number of piperazine rings is 1. The zero-order valence-corrected chi connectivity index (χ0v) is 17.9. The molecule has 2 aromatic carbocycles. The molecule has 4 nitrogen and oxygen atoms in total. The third kappa shape index (κ3) is 4.37. The van der Waals surface area contributed by atoms with Crippen LogP contribution in [0.15, 0.2) is 65.3 Å². The maximum absolute atomic E-state index is 4.55. The average Bonchev–Trinajstić information content (AvgIpc) is 2.73. The van der Waals surface area contributed by atoms with Crippen LogP contribution < -0.4 is 5.32 Å². The van der Waals surface area contributed by atoms with Gasteiger partial charge in [-0.2, -0.15) is 0 Å². The van der Waals surface area contributed by atoms with E-state index in [1.54, 1.807) is 0 Å². The molecule has 146 valence electrons. The third-order valence-corrected chi connectivity index (χ3v) is 6.24. The highest BCUT2D eigenvalue weighted by Crippen LogP contribution is 2.28. The normalized spacial score (nSPS) is 18.4. The monoisotopic (exact) mass is 438 g/mol. The summed E-state index contributed by atoms with van der Waals surface area (Å²) in [6, 6.07) is 19.7. The van der Waals surface area contributed by atoms with Crippen LogP contribution in [0.1, 0.15) is 18.0 Å². The van der Waals surface area contributed by atoms with Crippen LogP contribution in [0.25, 0.3) is 10.8 Å². The topological polar surface area (TPSA) is 31.4 Å². The Kier molecular flexibility index (Phi) is 6.25. The van der Waals surface area contributed by atoms with E-state index in [1.807, 2.05) is 6.20 Å². The van der Waals surface area contributed by atoms with Gasteiger partial charge in [-0.3, -0.25) is 4.90 Å². The van der Waals surface area contributed by atoms with Gasteiger partial charge in [0.15, 0.2) is 0 Å². The van der Waals surface area contributed by atoms with E-state index in [9.17, 15) is 0 Å². The Balaban J connectivity index is 1.38. The molecule has 1 N–H and O–H groups in total. The van der Waals surface area contributed by atoms with Crippen molar-refractivity contribution in [2.24, 2.45) is 0 Å². The summed E-state index contributed by atoms with van der Waals surface area (Å²) in [5.41, 5.74) is 1.42. The van der Waals surface area contributed by atoms with Crippen LogP contribution in [-0.2, 0) is 0 Å². The SMILES string of the molecule is CN1CCN(CCCNc2nccc3c(Br)cccc23)C(c2ccccc2)C1. The molecule has 0 amide bonds. The molecular weight excluding hydrogens is 412 g/mol. The standard InChI is InChI=1S/C23H27BrN4/c1-27-15-16-28(22(17-27)18-7-3-2-4-8-18)14-6-12-25-23-20-9-5-10-21(24)19(20)11-13-26-23/h2-5,7-11,13,22H,6,12,14-17H2,1H3,(H,25,26). The summed E-state index contributed by atoms with van der Waals surface area (Å²) >= 11 is 3.63. The van der Waals surface area contributed by atoms with Gasteiger partial charge in [-0.15, -0.1) is 0 Å². The maximum atomic E-state index is 4.55. The second-order valence-corrected chi connectivity index (χ2v) is 8.35. The fourth-order valence-electron chi connectivity index (χ4n) is 4.01. The lowest BCUT2D eigenvalue weighted by Crippen LogP contribution is -2.47. The van der Waals surface area contributed by atoms with Crippen LogP contribution in [0.3, 0.4) is 0 Å². The number of nitrogens with zero attached hydrogens (tertiary/aromatic N) is 3. The summed E-state index contributed by atoms with van der Waals surface area (Å²) in [4.78, 5) is 9.62. The van der Waals surface area contributed by atoms with E-state index in [4.69, 9.17) is 0 Å². The minimum absolute atomic E-state index is 0.478. The fourth-order valence-corrected chi connectivity index (χ4v) is 4.51. The fraction of sp³-hybridized carbons (Fsp3) is 0.348. The average molecular weight is 439 g/mol. The van der Waals surface area contributed by atoms with Crippen LogP contribution in [0, 0.1) is 0 Å². The first-order valence-electron chi connectivity index (χ1n) is 9.97. The number of pyridine rings is 1. The van der Waals surface area contributed by atoms with E-state index in [0.717, 1.165) is 49.4 Å². The molecular formula is C23H27BrN4. The summed E-state index contributed by atoms with van der Waals surface area (Å²) in [6.07, 6.45) is 2.97. The number of nitrogens with one attached hydrogen (secondary N) is 1. The van der Waals surface area contributed by atoms with Crippen molar-refractivity contribution in [3.8, 4) is 0 Å². The molecule has 1 aliphatic rings. The Morgan fingerprint density at radius 3 is 2.75 bits per heavy atom. The van der Waals surface area contributed by atoms with Gasteiger partial charge in [-0.25, -0.2) is 4.98 Å². The highest BCUT2D eigenvalue weighted by molar-refractivity contribution is 9.10. The smallest absolute Gasteiger partial charge is 0.133 e. The molecule has 2 heterocycles. The van der Waals surface area contributed by atoms with Gasteiger partial charge in [-0.1, -0.05) is 58.4 Å². The van der Waals surface area contributed by atoms with E-state index in [2.05, 4.69) is 97.7 Å². The summed E-state index contributed by atoms with van der Waals surface area (Å²) in [5.74, 6) is 0.969. The second-order valence-electron chi connectivity index (χ2n) is 7.50. The van der Waals surface area contributed by atoms with Crippen molar-refractivity contribution in [3.05, 3.63) is 70.8 Å². The summed E-state index contributed by atoms with van der Waals surface area (Å²) < 4.78 is 1.11. The molecule has 0 spiro atoms. The van der Waals surface area contributed by atoms with Crippen molar-refractivity contribution < 1.29 is 0 Å². The molecule has 1 unspecified atom stereocenters. The van der Waals surface area contributed by atoms with Crippen molar-refractivity contribution in [2.75, 3.05) is 45.1 Å². The van der Waals surface area contributed by atoms with E-state index in [0.29, 0.717) is 6.04 Å². The second kappa shape index (κ2) is 9.03. The van der Waals surface area contributed by atoms with Gasteiger partial charge in [0.05, 0.1) is 0 Å². The van der Waals surface area contributed by atoms with Crippen molar-refractivity contribution >= 4 is 32.5 Å². The van der Waals surface area contributed by atoms with Gasteiger partial charge < -0.3 is 10.2 Å². The van der Waals surface area contributed by atoms with E-state index in [1.165, 1.54) is 16.3 Å². The summed E-state index contributed by atoms with van der Waals surface area (Å²) in [7, 11) is 2.22. The number of rotatable bonds is 6. The largest absolute Gasteiger partial charge is 0.370 e. The molecule has 0 bridgehead atoms. The molecule has 3 aromatic rings. The maximum Gasteiger partial charge on any atom is 0.133 e. The van der Waals surface area contributed by atoms with Gasteiger partial charge in [-0.05, 0) is 31.2 Å². The Hall–Kier alpha value is -1.95. The van der Waals surface area contributed by atoms with E-state index < -0.39 is 0 Å². The van der Waals surface area contributed by atoms with Gasteiger partial charge in [0, 0.05) is 60.2 Å². The molecule has 1 aromatic heterocycles.